The smallest absolute Gasteiger partial charge is 0.270 e. The predicted octanol–water partition coefficient (Wildman–Crippen LogP) is 1.38. The van der Waals surface area contributed by atoms with E-state index in [0.29, 0.717) is 12.2 Å². The number of anilines is 1. The molecule has 2 N–H and O–H groups in total. The summed E-state index contributed by atoms with van der Waals surface area (Å²) >= 11 is 0. The van der Waals surface area contributed by atoms with Crippen LogP contribution in [0.5, 0.6) is 0 Å². The summed E-state index contributed by atoms with van der Waals surface area (Å²) < 4.78 is 0. The van der Waals surface area contributed by atoms with Crippen LogP contribution < -0.4 is 10.6 Å². The molecule has 1 amide bonds. The summed E-state index contributed by atoms with van der Waals surface area (Å²) in [6.07, 6.45) is 5.08. The van der Waals surface area contributed by atoms with Crippen LogP contribution in [0.1, 0.15) is 16.1 Å². The molecule has 0 aromatic carbocycles. The fraction of sp³-hybridized carbons (Fsp3) is 0.312. The first-order valence-corrected chi connectivity index (χ1v) is 7.17. The molecule has 0 saturated heterocycles. The van der Waals surface area contributed by atoms with Crippen molar-refractivity contribution in [2.24, 2.45) is 0 Å². The van der Waals surface area contributed by atoms with E-state index in [-0.39, 0.29) is 5.91 Å². The van der Waals surface area contributed by atoms with Gasteiger partial charge in [-0.15, -0.1) is 0 Å². The molecule has 0 atom stereocenters. The molecule has 2 heterocycles. The molecule has 116 valence electrons. The Morgan fingerprint density at radius 3 is 2.59 bits per heavy atom. The van der Waals surface area contributed by atoms with Gasteiger partial charge < -0.3 is 15.5 Å². The molecular formula is C16H21N5O. The summed E-state index contributed by atoms with van der Waals surface area (Å²) in [6.45, 7) is 2.24. The number of nitrogens with one attached hydrogen (secondary N) is 2. The van der Waals surface area contributed by atoms with Crippen LogP contribution in [0.2, 0.25) is 0 Å². The lowest BCUT2D eigenvalue weighted by molar-refractivity contribution is 0.0946. The molecule has 0 aliphatic carbocycles. The molecule has 6 heteroatoms. The monoisotopic (exact) mass is 299 g/mol. The average Bonchev–Trinajstić information content (AvgIpc) is 2.54. The Hall–Kier alpha value is -2.47. The Kier molecular flexibility index (Phi) is 5.85. The maximum atomic E-state index is 12.0. The van der Waals surface area contributed by atoms with Gasteiger partial charge >= 0.3 is 0 Å². The lowest BCUT2D eigenvalue weighted by Crippen LogP contribution is -2.24. The first kappa shape index (κ1) is 15.9. The van der Waals surface area contributed by atoms with Gasteiger partial charge in [0.15, 0.2) is 0 Å². The van der Waals surface area contributed by atoms with E-state index in [1.807, 2.05) is 32.3 Å². The van der Waals surface area contributed by atoms with Gasteiger partial charge in [0.25, 0.3) is 5.91 Å². The standard InChI is InChI=1S/C16H21N5O/c1-21(2)10-9-18-14-3-4-15(19-12-14)16(22)20-11-13-5-7-17-8-6-13/h3-8,12,18H,9-11H2,1-2H3,(H,20,22). The van der Waals surface area contributed by atoms with Crippen LogP contribution in [0, 0.1) is 0 Å². The van der Waals surface area contributed by atoms with Gasteiger partial charge in [-0.1, -0.05) is 0 Å². The molecule has 2 aromatic heterocycles. The summed E-state index contributed by atoms with van der Waals surface area (Å²) in [5.74, 6) is -0.184. The molecule has 2 aromatic rings. The SMILES string of the molecule is CN(C)CCNc1ccc(C(=O)NCc2ccncc2)nc1. The van der Waals surface area contributed by atoms with Crippen LogP contribution in [-0.2, 0) is 6.54 Å². The number of nitrogens with zero attached hydrogens (tertiary/aromatic N) is 3. The molecule has 0 unspecified atom stereocenters. The van der Waals surface area contributed by atoms with Gasteiger partial charge in [-0.3, -0.25) is 9.78 Å². The molecular weight excluding hydrogens is 278 g/mol. The third-order valence-corrected chi connectivity index (χ3v) is 3.09. The second-order valence-electron chi connectivity index (χ2n) is 5.20. The Balaban J connectivity index is 1.83. The highest BCUT2D eigenvalue weighted by molar-refractivity contribution is 5.92. The van der Waals surface area contributed by atoms with Crippen LogP contribution in [0.15, 0.2) is 42.9 Å². The zero-order chi connectivity index (χ0) is 15.8. The van der Waals surface area contributed by atoms with E-state index >= 15 is 0 Å². The minimum absolute atomic E-state index is 0.184. The number of carbonyl (C=O) groups excluding carboxylic acids is 1. The molecule has 6 nitrogen and oxygen atoms in total. The van der Waals surface area contributed by atoms with Crippen LogP contribution in [0.3, 0.4) is 0 Å². The highest BCUT2D eigenvalue weighted by Crippen LogP contribution is 2.06. The van der Waals surface area contributed by atoms with Crippen molar-refractivity contribution in [1.82, 2.24) is 20.2 Å². The van der Waals surface area contributed by atoms with Crippen molar-refractivity contribution in [2.45, 2.75) is 6.54 Å². The van der Waals surface area contributed by atoms with Crippen molar-refractivity contribution >= 4 is 11.6 Å². The summed E-state index contributed by atoms with van der Waals surface area (Å²) in [4.78, 5) is 22.2. The third-order valence-electron chi connectivity index (χ3n) is 3.09. The van der Waals surface area contributed by atoms with Gasteiger partial charge in [-0.25, -0.2) is 4.98 Å². The number of hydrogen-bond acceptors (Lipinski definition) is 5. The van der Waals surface area contributed by atoms with E-state index in [1.165, 1.54) is 0 Å². The van der Waals surface area contributed by atoms with Crippen molar-refractivity contribution in [3.63, 3.8) is 0 Å². The van der Waals surface area contributed by atoms with E-state index in [1.54, 1.807) is 24.7 Å². The number of carbonyl (C=O) groups is 1. The van der Waals surface area contributed by atoms with E-state index in [9.17, 15) is 4.79 Å². The number of amides is 1. The van der Waals surface area contributed by atoms with Gasteiger partial charge in [0.2, 0.25) is 0 Å². The highest BCUT2D eigenvalue weighted by Gasteiger charge is 2.06. The lowest BCUT2D eigenvalue weighted by atomic mass is 10.2. The van der Waals surface area contributed by atoms with Crippen LogP contribution >= 0.6 is 0 Å². The topological polar surface area (TPSA) is 70.2 Å². The maximum absolute atomic E-state index is 12.0. The summed E-state index contributed by atoms with van der Waals surface area (Å²) in [5.41, 5.74) is 2.32. The normalized spacial score (nSPS) is 10.5. The van der Waals surface area contributed by atoms with Crippen molar-refractivity contribution < 1.29 is 4.79 Å². The fourth-order valence-electron chi connectivity index (χ4n) is 1.83. The lowest BCUT2D eigenvalue weighted by Gasteiger charge is -2.11. The molecule has 0 fully saturated rings. The zero-order valence-electron chi connectivity index (χ0n) is 12.9. The van der Waals surface area contributed by atoms with Crippen LogP contribution in [0.4, 0.5) is 5.69 Å². The van der Waals surface area contributed by atoms with E-state index in [4.69, 9.17) is 0 Å². The van der Waals surface area contributed by atoms with Gasteiger partial charge in [0.05, 0.1) is 11.9 Å². The molecule has 0 saturated carbocycles. The van der Waals surface area contributed by atoms with E-state index in [0.717, 1.165) is 24.3 Å². The minimum atomic E-state index is -0.184. The Labute approximate surface area is 130 Å². The van der Waals surface area contributed by atoms with Crippen LogP contribution in [0.25, 0.3) is 0 Å². The molecule has 0 aliphatic heterocycles. The summed E-state index contributed by atoms with van der Waals surface area (Å²) in [7, 11) is 4.05. The number of aromatic nitrogens is 2. The zero-order valence-corrected chi connectivity index (χ0v) is 12.9. The van der Waals surface area contributed by atoms with Gasteiger partial charge in [0, 0.05) is 32.0 Å². The Morgan fingerprint density at radius 1 is 1.18 bits per heavy atom. The summed E-state index contributed by atoms with van der Waals surface area (Å²) in [6, 6.07) is 7.32. The molecule has 22 heavy (non-hydrogen) atoms. The van der Waals surface area contributed by atoms with Crippen molar-refractivity contribution in [2.75, 3.05) is 32.5 Å². The molecule has 0 aliphatic rings. The fourth-order valence-corrected chi connectivity index (χ4v) is 1.83. The largest absolute Gasteiger partial charge is 0.383 e. The van der Waals surface area contributed by atoms with Crippen molar-refractivity contribution in [3.05, 3.63) is 54.1 Å². The quantitative estimate of drug-likeness (QED) is 0.808. The number of rotatable bonds is 7. The Bertz CT molecular complexity index is 583. The van der Waals surface area contributed by atoms with E-state index in [2.05, 4.69) is 25.5 Å². The van der Waals surface area contributed by atoms with E-state index < -0.39 is 0 Å². The van der Waals surface area contributed by atoms with Gasteiger partial charge in [0.1, 0.15) is 5.69 Å². The third kappa shape index (κ3) is 5.14. The van der Waals surface area contributed by atoms with Gasteiger partial charge in [-0.05, 0) is 43.9 Å². The second-order valence-corrected chi connectivity index (χ2v) is 5.20. The first-order valence-electron chi connectivity index (χ1n) is 7.17. The maximum Gasteiger partial charge on any atom is 0.270 e. The minimum Gasteiger partial charge on any atom is -0.383 e. The summed E-state index contributed by atoms with van der Waals surface area (Å²) in [5, 5.41) is 6.09. The average molecular weight is 299 g/mol. The second kappa shape index (κ2) is 8.09. The first-order chi connectivity index (χ1) is 10.6. The highest BCUT2D eigenvalue weighted by atomic mass is 16.1. The number of pyridine rings is 2. The molecule has 0 radical (unpaired) electrons. The predicted molar refractivity (Wildman–Crippen MR) is 86.7 cm³/mol. The molecule has 2 rings (SSSR count). The van der Waals surface area contributed by atoms with Crippen LogP contribution in [-0.4, -0.2) is 48.0 Å². The molecule has 0 spiro atoms. The number of likely N-dealkylation sites (N-methyl/N-ethyl adjacent to an activating group) is 1. The molecule has 0 bridgehead atoms. The van der Waals surface area contributed by atoms with Crippen molar-refractivity contribution in [1.29, 1.82) is 0 Å². The van der Waals surface area contributed by atoms with Gasteiger partial charge in [-0.2, -0.15) is 0 Å². The Morgan fingerprint density at radius 2 is 1.95 bits per heavy atom. The number of hydrogen-bond donors (Lipinski definition) is 2. The van der Waals surface area contributed by atoms with Crippen molar-refractivity contribution in [3.8, 4) is 0 Å².